The van der Waals surface area contributed by atoms with Crippen LogP contribution in [-0.4, -0.2) is 5.91 Å². The van der Waals surface area contributed by atoms with E-state index >= 15 is 0 Å². The highest BCUT2D eigenvalue weighted by atomic mass is 127. The molecule has 1 heterocycles. The monoisotopic (exact) mass is 413 g/mol. The molecule has 0 radical (unpaired) electrons. The molecule has 0 aliphatic heterocycles. The summed E-state index contributed by atoms with van der Waals surface area (Å²) in [6.07, 6.45) is 0. The van der Waals surface area contributed by atoms with Crippen molar-refractivity contribution in [2.24, 2.45) is 0 Å². The third kappa shape index (κ3) is 2.70. The predicted octanol–water partition coefficient (Wildman–Crippen LogP) is 5.44. The van der Waals surface area contributed by atoms with Crippen LogP contribution in [0.5, 0.6) is 0 Å². The van der Waals surface area contributed by atoms with Gasteiger partial charge in [0.25, 0.3) is 5.91 Å². The summed E-state index contributed by atoms with van der Waals surface area (Å²) < 4.78 is 6.92. The Hall–Kier alpha value is -2.34. The lowest BCUT2D eigenvalue weighted by atomic mass is 10.1. The highest BCUT2D eigenvalue weighted by molar-refractivity contribution is 14.1. The van der Waals surface area contributed by atoms with Crippen LogP contribution < -0.4 is 5.32 Å². The Kier molecular flexibility index (Phi) is 3.53. The summed E-state index contributed by atoms with van der Waals surface area (Å²) in [5.41, 5.74) is 3.02. The zero-order chi connectivity index (χ0) is 15.8. The largest absolute Gasteiger partial charge is 0.456 e. The number of amides is 1. The lowest BCUT2D eigenvalue weighted by molar-refractivity contribution is 0.102. The van der Waals surface area contributed by atoms with Gasteiger partial charge in [-0.1, -0.05) is 18.2 Å². The fourth-order valence-electron chi connectivity index (χ4n) is 2.60. The van der Waals surface area contributed by atoms with Crippen molar-refractivity contribution >= 4 is 56.1 Å². The van der Waals surface area contributed by atoms with Gasteiger partial charge in [0.2, 0.25) is 0 Å². The van der Waals surface area contributed by atoms with E-state index < -0.39 is 0 Å². The van der Waals surface area contributed by atoms with Gasteiger partial charge in [-0.05, 0) is 71.1 Å². The molecule has 0 aliphatic carbocycles. The molecule has 0 fully saturated rings. The predicted molar refractivity (Wildman–Crippen MR) is 101 cm³/mol. The molecule has 1 aromatic heterocycles. The van der Waals surface area contributed by atoms with Crippen molar-refractivity contribution in [2.45, 2.75) is 0 Å². The second-order valence-electron chi connectivity index (χ2n) is 5.27. The second kappa shape index (κ2) is 5.70. The van der Waals surface area contributed by atoms with Gasteiger partial charge in [-0.15, -0.1) is 0 Å². The number of carbonyl (C=O) groups is 1. The number of carbonyl (C=O) groups excluding carboxylic acids is 1. The summed E-state index contributed by atoms with van der Waals surface area (Å²) in [7, 11) is 0. The quantitative estimate of drug-likeness (QED) is 0.445. The van der Waals surface area contributed by atoms with Crippen molar-refractivity contribution in [1.82, 2.24) is 0 Å². The van der Waals surface area contributed by atoms with Crippen molar-refractivity contribution in [3.63, 3.8) is 0 Å². The number of hydrogen-bond donors (Lipinski definition) is 1. The molecule has 0 aliphatic rings. The van der Waals surface area contributed by atoms with Crippen LogP contribution in [0.4, 0.5) is 5.69 Å². The van der Waals surface area contributed by atoms with Crippen LogP contribution in [-0.2, 0) is 0 Å². The van der Waals surface area contributed by atoms with E-state index in [-0.39, 0.29) is 5.91 Å². The standard InChI is InChI=1S/C19H12INO2/c20-13-6-8-14(9-7-13)21-19(22)12-5-10-18-16(11-12)15-3-1-2-4-17(15)23-18/h1-11H,(H,21,22). The summed E-state index contributed by atoms with van der Waals surface area (Å²) in [5.74, 6) is -0.126. The molecule has 112 valence electrons. The van der Waals surface area contributed by atoms with E-state index in [1.807, 2.05) is 60.7 Å². The number of benzene rings is 3. The van der Waals surface area contributed by atoms with Gasteiger partial charge in [0.15, 0.2) is 0 Å². The first-order valence-electron chi connectivity index (χ1n) is 7.19. The molecule has 3 aromatic carbocycles. The van der Waals surface area contributed by atoms with Crippen molar-refractivity contribution in [2.75, 3.05) is 5.32 Å². The van der Waals surface area contributed by atoms with Crippen LogP contribution >= 0.6 is 22.6 Å². The number of fused-ring (bicyclic) bond motifs is 3. The number of furan rings is 1. The lowest BCUT2D eigenvalue weighted by Gasteiger charge is -2.05. The number of anilines is 1. The SMILES string of the molecule is O=C(Nc1ccc(I)cc1)c1ccc2oc3ccccc3c2c1. The van der Waals surface area contributed by atoms with E-state index in [4.69, 9.17) is 4.42 Å². The molecule has 23 heavy (non-hydrogen) atoms. The number of nitrogens with one attached hydrogen (secondary N) is 1. The minimum atomic E-state index is -0.126. The maximum Gasteiger partial charge on any atom is 0.255 e. The Labute approximate surface area is 146 Å². The number of halogens is 1. The Morgan fingerprint density at radius 1 is 0.870 bits per heavy atom. The second-order valence-corrected chi connectivity index (χ2v) is 6.52. The summed E-state index contributed by atoms with van der Waals surface area (Å²) in [6, 6.07) is 21.1. The Bertz CT molecular complexity index is 1020. The lowest BCUT2D eigenvalue weighted by Crippen LogP contribution is -2.11. The minimum Gasteiger partial charge on any atom is -0.456 e. The highest BCUT2D eigenvalue weighted by Gasteiger charge is 2.11. The topological polar surface area (TPSA) is 42.2 Å². The third-order valence-corrected chi connectivity index (χ3v) is 4.46. The average Bonchev–Trinajstić information content (AvgIpc) is 2.94. The molecule has 0 spiro atoms. The molecule has 1 N–H and O–H groups in total. The number of para-hydroxylation sites is 1. The normalized spacial score (nSPS) is 11.0. The minimum absolute atomic E-state index is 0.126. The van der Waals surface area contributed by atoms with E-state index in [1.54, 1.807) is 6.07 Å². The van der Waals surface area contributed by atoms with Crippen LogP contribution in [0.3, 0.4) is 0 Å². The maximum atomic E-state index is 12.5. The molecule has 0 saturated carbocycles. The molecule has 0 unspecified atom stereocenters. The first-order valence-corrected chi connectivity index (χ1v) is 8.27. The molecule has 4 aromatic rings. The van der Waals surface area contributed by atoms with Gasteiger partial charge in [0.05, 0.1) is 0 Å². The van der Waals surface area contributed by atoms with E-state index in [2.05, 4.69) is 27.9 Å². The molecule has 4 heteroatoms. The zero-order valence-electron chi connectivity index (χ0n) is 12.0. The molecule has 1 amide bonds. The summed E-state index contributed by atoms with van der Waals surface area (Å²) in [6.45, 7) is 0. The van der Waals surface area contributed by atoms with E-state index in [9.17, 15) is 4.79 Å². The number of hydrogen-bond acceptors (Lipinski definition) is 2. The highest BCUT2D eigenvalue weighted by Crippen LogP contribution is 2.29. The van der Waals surface area contributed by atoms with Crippen LogP contribution in [0.15, 0.2) is 71.1 Å². The van der Waals surface area contributed by atoms with Gasteiger partial charge in [0.1, 0.15) is 11.2 Å². The average molecular weight is 413 g/mol. The van der Waals surface area contributed by atoms with E-state index in [0.717, 1.165) is 31.2 Å². The van der Waals surface area contributed by atoms with Crippen molar-refractivity contribution in [1.29, 1.82) is 0 Å². The first kappa shape index (κ1) is 14.3. The molecule has 4 rings (SSSR count). The summed E-state index contributed by atoms with van der Waals surface area (Å²) >= 11 is 2.24. The smallest absolute Gasteiger partial charge is 0.255 e. The van der Waals surface area contributed by atoms with Gasteiger partial charge in [-0.25, -0.2) is 0 Å². The van der Waals surface area contributed by atoms with Gasteiger partial charge in [0, 0.05) is 25.6 Å². The third-order valence-electron chi connectivity index (χ3n) is 3.74. The van der Waals surface area contributed by atoms with Crippen LogP contribution in [0.2, 0.25) is 0 Å². The molecule has 3 nitrogen and oxygen atoms in total. The van der Waals surface area contributed by atoms with E-state index in [1.165, 1.54) is 0 Å². The fraction of sp³-hybridized carbons (Fsp3) is 0. The van der Waals surface area contributed by atoms with Crippen molar-refractivity contribution < 1.29 is 9.21 Å². The molecule has 0 bridgehead atoms. The summed E-state index contributed by atoms with van der Waals surface area (Å²) in [5, 5.41) is 4.89. The van der Waals surface area contributed by atoms with Gasteiger partial charge in [-0.2, -0.15) is 0 Å². The van der Waals surface area contributed by atoms with Gasteiger partial charge in [-0.3, -0.25) is 4.79 Å². The first-order chi connectivity index (χ1) is 11.2. The zero-order valence-corrected chi connectivity index (χ0v) is 14.2. The van der Waals surface area contributed by atoms with Crippen molar-refractivity contribution in [3.8, 4) is 0 Å². The van der Waals surface area contributed by atoms with Crippen LogP contribution in [0, 0.1) is 3.57 Å². The molecular weight excluding hydrogens is 401 g/mol. The Balaban J connectivity index is 1.71. The summed E-state index contributed by atoms with van der Waals surface area (Å²) in [4.78, 5) is 12.5. The fourth-order valence-corrected chi connectivity index (χ4v) is 2.96. The van der Waals surface area contributed by atoms with Gasteiger partial charge < -0.3 is 9.73 Å². The molecular formula is C19H12INO2. The maximum absolute atomic E-state index is 12.5. The van der Waals surface area contributed by atoms with Crippen LogP contribution in [0.1, 0.15) is 10.4 Å². The Morgan fingerprint density at radius 2 is 1.61 bits per heavy atom. The van der Waals surface area contributed by atoms with E-state index in [0.29, 0.717) is 5.56 Å². The molecule has 0 saturated heterocycles. The number of rotatable bonds is 2. The van der Waals surface area contributed by atoms with Crippen LogP contribution in [0.25, 0.3) is 21.9 Å². The van der Waals surface area contributed by atoms with Crippen molar-refractivity contribution in [3.05, 3.63) is 75.9 Å². The Morgan fingerprint density at radius 3 is 2.43 bits per heavy atom. The van der Waals surface area contributed by atoms with Gasteiger partial charge >= 0.3 is 0 Å². The molecule has 0 atom stereocenters.